The molecule has 0 aliphatic carbocycles. The molecule has 3 heteroatoms. The number of carbonyl (C=O) groups is 1. The van der Waals surface area contributed by atoms with Crippen LogP contribution in [0.15, 0.2) is 0 Å². The van der Waals surface area contributed by atoms with Crippen LogP contribution in [0.3, 0.4) is 0 Å². The van der Waals surface area contributed by atoms with Crippen LogP contribution in [-0.2, 0) is 4.79 Å². The summed E-state index contributed by atoms with van der Waals surface area (Å²) in [5.41, 5.74) is 5.57. The largest absolute Gasteiger partial charge is 0.341 e. The van der Waals surface area contributed by atoms with Crippen molar-refractivity contribution in [2.45, 2.75) is 33.2 Å². The van der Waals surface area contributed by atoms with Gasteiger partial charge in [0, 0.05) is 13.1 Å². The Hall–Kier alpha value is -0.570. The van der Waals surface area contributed by atoms with E-state index in [1.165, 1.54) is 6.42 Å². The standard InChI is InChI=1S/C10H20N2O/c1-7-4-8(2)6-12(5-7)10(13)9(3)11/h7-9H,4-6,11H2,1-3H3/t7?,8?,9-/m0/s1. The summed E-state index contributed by atoms with van der Waals surface area (Å²) in [7, 11) is 0. The number of rotatable bonds is 1. The van der Waals surface area contributed by atoms with Crippen LogP contribution in [-0.4, -0.2) is 29.9 Å². The Morgan fingerprint density at radius 1 is 1.38 bits per heavy atom. The van der Waals surface area contributed by atoms with Crippen LogP contribution >= 0.6 is 0 Å². The molecule has 1 fully saturated rings. The van der Waals surface area contributed by atoms with Crippen LogP contribution in [0.1, 0.15) is 27.2 Å². The molecule has 1 aliphatic rings. The van der Waals surface area contributed by atoms with Gasteiger partial charge in [0.15, 0.2) is 0 Å². The van der Waals surface area contributed by atoms with Crippen molar-refractivity contribution in [3.8, 4) is 0 Å². The molecule has 3 atom stereocenters. The summed E-state index contributed by atoms with van der Waals surface area (Å²) in [5.74, 6) is 1.33. The fourth-order valence-corrected chi connectivity index (χ4v) is 2.13. The van der Waals surface area contributed by atoms with Gasteiger partial charge in [-0.1, -0.05) is 13.8 Å². The van der Waals surface area contributed by atoms with Gasteiger partial charge >= 0.3 is 0 Å². The summed E-state index contributed by atoms with van der Waals surface area (Å²) in [5, 5.41) is 0. The molecule has 3 nitrogen and oxygen atoms in total. The van der Waals surface area contributed by atoms with E-state index >= 15 is 0 Å². The van der Waals surface area contributed by atoms with Crippen molar-refractivity contribution in [2.24, 2.45) is 17.6 Å². The average molecular weight is 184 g/mol. The zero-order chi connectivity index (χ0) is 10.0. The predicted molar refractivity (Wildman–Crippen MR) is 53.2 cm³/mol. The first kappa shape index (κ1) is 10.5. The van der Waals surface area contributed by atoms with E-state index in [1.807, 2.05) is 4.90 Å². The van der Waals surface area contributed by atoms with Crippen molar-refractivity contribution in [1.82, 2.24) is 4.90 Å². The van der Waals surface area contributed by atoms with Gasteiger partial charge < -0.3 is 10.6 Å². The topological polar surface area (TPSA) is 46.3 Å². The molecule has 0 radical (unpaired) electrons. The van der Waals surface area contributed by atoms with Crippen LogP contribution in [0.4, 0.5) is 0 Å². The zero-order valence-corrected chi connectivity index (χ0v) is 8.79. The molecule has 0 saturated carbocycles. The Morgan fingerprint density at radius 2 is 1.85 bits per heavy atom. The highest BCUT2D eigenvalue weighted by atomic mass is 16.2. The second-order valence-corrected chi connectivity index (χ2v) is 4.48. The SMILES string of the molecule is CC1CC(C)CN(C(=O)[C@H](C)N)C1. The van der Waals surface area contributed by atoms with Crippen LogP contribution < -0.4 is 5.73 Å². The molecule has 2 unspecified atom stereocenters. The molecule has 1 rings (SSSR count). The smallest absolute Gasteiger partial charge is 0.239 e. The minimum atomic E-state index is -0.350. The Balaban J connectivity index is 2.55. The van der Waals surface area contributed by atoms with Crippen molar-refractivity contribution < 1.29 is 4.79 Å². The Morgan fingerprint density at radius 3 is 2.23 bits per heavy atom. The van der Waals surface area contributed by atoms with Gasteiger partial charge in [0.25, 0.3) is 0 Å². The Kier molecular flexibility index (Phi) is 3.31. The summed E-state index contributed by atoms with van der Waals surface area (Å²) in [6.07, 6.45) is 1.22. The summed E-state index contributed by atoms with van der Waals surface area (Å²) in [4.78, 5) is 13.5. The molecule has 76 valence electrons. The van der Waals surface area contributed by atoms with Crippen LogP contribution in [0.25, 0.3) is 0 Å². The summed E-state index contributed by atoms with van der Waals surface area (Å²) >= 11 is 0. The third-order valence-electron chi connectivity index (χ3n) is 2.57. The second-order valence-electron chi connectivity index (χ2n) is 4.48. The maximum Gasteiger partial charge on any atom is 0.239 e. The predicted octanol–water partition coefficient (Wildman–Crippen LogP) is 0.838. The first-order valence-corrected chi connectivity index (χ1v) is 5.05. The number of likely N-dealkylation sites (tertiary alicyclic amines) is 1. The normalized spacial score (nSPS) is 31.5. The average Bonchev–Trinajstić information content (AvgIpc) is 2.01. The second kappa shape index (κ2) is 4.09. The van der Waals surface area contributed by atoms with Gasteiger partial charge in [-0.2, -0.15) is 0 Å². The molecule has 1 heterocycles. The number of nitrogens with zero attached hydrogens (tertiary/aromatic N) is 1. The molecular formula is C10H20N2O. The zero-order valence-electron chi connectivity index (χ0n) is 8.79. The first-order chi connectivity index (χ1) is 6.00. The number of nitrogens with two attached hydrogens (primary N) is 1. The number of piperidine rings is 1. The van der Waals surface area contributed by atoms with E-state index < -0.39 is 0 Å². The minimum Gasteiger partial charge on any atom is -0.341 e. The van der Waals surface area contributed by atoms with Gasteiger partial charge in [-0.15, -0.1) is 0 Å². The van der Waals surface area contributed by atoms with E-state index in [4.69, 9.17) is 5.73 Å². The van der Waals surface area contributed by atoms with E-state index in [0.29, 0.717) is 11.8 Å². The lowest BCUT2D eigenvalue weighted by Gasteiger charge is -2.35. The molecule has 1 amide bonds. The van der Waals surface area contributed by atoms with Crippen LogP contribution in [0.2, 0.25) is 0 Å². The monoisotopic (exact) mass is 184 g/mol. The molecule has 1 saturated heterocycles. The minimum absolute atomic E-state index is 0.0957. The lowest BCUT2D eigenvalue weighted by atomic mass is 9.91. The van der Waals surface area contributed by atoms with Gasteiger partial charge in [0.2, 0.25) is 5.91 Å². The van der Waals surface area contributed by atoms with Gasteiger partial charge in [0.1, 0.15) is 0 Å². The molecule has 0 bridgehead atoms. The van der Waals surface area contributed by atoms with Crippen LogP contribution in [0, 0.1) is 11.8 Å². The fraction of sp³-hybridized carbons (Fsp3) is 0.900. The number of hydrogen-bond acceptors (Lipinski definition) is 2. The lowest BCUT2D eigenvalue weighted by Crippen LogP contribution is -2.48. The maximum atomic E-state index is 11.6. The molecule has 0 aromatic heterocycles. The van der Waals surface area contributed by atoms with Gasteiger partial charge in [-0.3, -0.25) is 4.79 Å². The highest BCUT2D eigenvalue weighted by Crippen LogP contribution is 2.21. The third-order valence-corrected chi connectivity index (χ3v) is 2.57. The molecule has 0 spiro atoms. The van der Waals surface area contributed by atoms with E-state index in [2.05, 4.69) is 13.8 Å². The highest BCUT2D eigenvalue weighted by Gasteiger charge is 2.26. The number of carbonyl (C=O) groups excluding carboxylic acids is 1. The van der Waals surface area contributed by atoms with E-state index in [0.717, 1.165) is 13.1 Å². The first-order valence-electron chi connectivity index (χ1n) is 5.05. The summed E-state index contributed by atoms with van der Waals surface area (Å²) in [6, 6.07) is -0.350. The molecule has 0 aromatic rings. The third kappa shape index (κ3) is 2.69. The number of hydrogen-bond donors (Lipinski definition) is 1. The highest BCUT2D eigenvalue weighted by molar-refractivity contribution is 5.81. The van der Waals surface area contributed by atoms with Crippen molar-refractivity contribution in [1.29, 1.82) is 0 Å². The van der Waals surface area contributed by atoms with Gasteiger partial charge in [-0.25, -0.2) is 0 Å². The van der Waals surface area contributed by atoms with Crippen molar-refractivity contribution in [3.05, 3.63) is 0 Å². The molecular weight excluding hydrogens is 164 g/mol. The van der Waals surface area contributed by atoms with Crippen LogP contribution in [0.5, 0.6) is 0 Å². The van der Waals surface area contributed by atoms with E-state index in [9.17, 15) is 4.79 Å². The lowest BCUT2D eigenvalue weighted by molar-refractivity contribution is -0.134. The quantitative estimate of drug-likeness (QED) is 0.656. The Labute approximate surface area is 80.3 Å². The molecule has 1 aliphatic heterocycles. The van der Waals surface area contributed by atoms with E-state index in [1.54, 1.807) is 6.92 Å². The molecule has 0 aromatic carbocycles. The molecule has 13 heavy (non-hydrogen) atoms. The van der Waals surface area contributed by atoms with Crippen molar-refractivity contribution in [2.75, 3.05) is 13.1 Å². The van der Waals surface area contributed by atoms with Crippen molar-refractivity contribution >= 4 is 5.91 Å². The van der Waals surface area contributed by atoms with Crippen molar-refractivity contribution in [3.63, 3.8) is 0 Å². The van der Waals surface area contributed by atoms with Gasteiger partial charge in [-0.05, 0) is 25.2 Å². The fourth-order valence-electron chi connectivity index (χ4n) is 2.13. The number of amides is 1. The van der Waals surface area contributed by atoms with E-state index in [-0.39, 0.29) is 11.9 Å². The summed E-state index contributed by atoms with van der Waals surface area (Å²) in [6.45, 7) is 7.90. The maximum absolute atomic E-state index is 11.6. The van der Waals surface area contributed by atoms with Gasteiger partial charge in [0.05, 0.1) is 6.04 Å². The summed E-state index contributed by atoms with van der Waals surface area (Å²) < 4.78 is 0. The Bertz CT molecular complexity index is 181. The molecule has 2 N–H and O–H groups in total.